The molecule has 2 rings (SSSR count). The van der Waals surface area contributed by atoms with E-state index >= 15 is 0 Å². The fraction of sp³-hybridized carbons (Fsp3) is 0.308. The first-order valence-electron chi connectivity index (χ1n) is 5.82. The van der Waals surface area contributed by atoms with E-state index < -0.39 is 0 Å². The first-order valence-corrected chi connectivity index (χ1v) is 6.94. The number of alkyl halides is 1. The number of benzene rings is 1. The molecule has 1 amide bonds. The van der Waals surface area contributed by atoms with Crippen LogP contribution in [0.3, 0.4) is 0 Å². The normalized spacial score (nSPS) is 10.6. The molecule has 94 valence electrons. The van der Waals surface area contributed by atoms with E-state index in [4.69, 9.17) is 0 Å². The quantitative estimate of drug-likeness (QED) is 0.815. The number of amides is 1. The summed E-state index contributed by atoms with van der Waals surface area (Å²) in [4.78, 5) is 22.5. The molecule has 4 nitrogen and oxygen atoms in total. The van der Waals surface area contributed by atoms with E-state index in [-0.39, 0.29) is 5.91 Å². The third-order valence-electron chi connectivity index (χ3n) is 2.74. The minimum atomic E-state index is 0.0319. The Bertz CT molecular complexity index is 559. The highest BCUT2D eigenvalue weighted by molar-refractivity contribution is 9.09. The lowest BCUT2D eigenvalue weighted by Gasteiger charge is -2.19. The molecule has 0 saturated carbocycles. The molecule has 1 aromatic heterocycles. The van der Waals surface area contributed by atoms with Gasteiger partial charge in [0, 0.05) is 36.4 Å². The van der Waals surface area contributed by atoms with Gasteiger partial charge in [-0.25, -0.2) is 0 Å². The molecule has 0 saturated heterocycles. The van der Waals surface area contributed by atoms with Gasteiger partial charge in [-0.3, -0.25) is 14.8 Å². The summed E-state index contributed by atoms with van der Waals surface area (Å²) in [7, 11) is 0. The molecule has 18 heavy (non-hydrogen) atoms. The second-order valence-electron chi connectivity index (χ2n) is 3.83. The summed E-state index contributed by atoms with van der Waals surface area (Å²) < 4.78 is 0. The topological polar surface area (TPSA) is 46.1 Å². The van der Waals surface area contributed by atoms with Crippen LogP contribution in [0.5, 0.6) is 0 Å². The Kier molecular flexibility index (Phi) is 4.25. The van der Waals surface area contributed by atoms with E-state index in [0.717, 1.165) is 16.4 Å². The Hall–Kier alpha value is -1.49. The first kappa shape index (κ1) is 13.0. The van der Waals surface area contributed by atoms with Gasteiger partial charge in [0.1, 0.15) is 0 Å². The molecule has 0 aliphatic carbocycles. The lowest BCUT2D eigenvalue weighted by Crippen LogP contribution is -2.32. The molecule has 1 aromatic carbocycles. The van der Waals surface area contributed by atoms with Gasteiger partial charge < -0.3 is 4.90 Å². The summed E-state index contributed by atoms with van der Waals surface area (Å²) in [5.41, 5.74) is 2.21. The zero-order chi connectivity index (χ0) is 13.0. The van der Waals surface area contributed by atoms with Crippen molar-refractivity contribution >= 4 is 32.9 Å². The number of hydrogen-bond acceptors (Lipinski definition) is 3. The number of halogens is 1. The molecule has 2 aromatic rings. The van der Waals surface area contributed by atoms with Crippen LogP contribution in [0.1, 0.15) is 17.3 Å². The zero-order valence-corrected chi connectivity index (χ0v) is 11.7. The monoisotopic (exact) mass is 307 g/mol. The third-order valence-corrected chi connectivity index (χ3v) is 3.09. The molecule has 0 aliphatic heterocycles. The Morgan fingerprint density at radius 2 is 2.00 bits per heavy atom. The van der Waals surface area contributed by atoms with Crippen molar-refractivity contribution in [2.45, 2.75) is 6.92 Å². The van der Waals surface area contributed by atoms with Crippen LogP contribution < -0.4 is 0 Å². The summed E-state index contributed by atoms with van der Waals surface area (Å²) in [6.07, 6.45) is 3.28. The molecule has 0 aliphatic rings. The van der Waals surface area contributed by atoms with E-state index in [1.807, 2.05) is 13.0 Å². The fourth-order valence-electron chi connectivity index (χ4n) is 1.78. The lowest BCUT2D eigenvalue weighted by atomic mass is 10.1. The van der Waals surface area contributed by atoms with Crippen molar-refractivity contribution in [3.05, 3.63) is 36.2 Å². The summed E-state index contributed by atoms with van der Waals surface area (Å²) in [6, 6.07) is 5.43. The molecule has 5 heteroatoms. The van der Waals surface area contributed by atoms with Crippen molar-refractivity contribution in [1.82, 2.24) is 14.9 Å². The number of hydrogen-bond donors (Lipinski definition) is 0. The maximum atomic E-state index is 12.3. The van der Waals surface area contributed by atoms with Crippen molar-refractivity contribution in [3.63, 3.8) is 0 Å². The molecule has 0 fully saturated rings. The number of carbonyl (C=O) groups is 1. The highest BCUT2D eigenvalue weighted by Crippen LogP contribution is 2.13. The number of carbonyl (C=O) groups excluding carboxylic acids is 1. The van der Waals surface area contributed by atoms with Gasteiger partial charge in [-0.2, -0.15) is 0 Å². The second-order valence-corrected chi connectivity index (χ2v) is 4.63. The van der Waals surface area contributed by atoms with Gasteiger partial charge in [0.05, 0.1) is 11.0 Å². The highest BCUT2D eigenvalue weighted by Gasteiger charge is 2.13. The van der Waals surface area contributed by atoms with Gasteiger partial charge in [0.2, 0.25) is 0 Å². The SMILES string of the molecule is CCN(CCBr)C(=O)c1ccc2nccnc2c1. The maximum absolute atomic E-state index is 12.3. The zero-order valence-electron chi connectivity index (χ0n) is 10.1. The molecule has 0 unspecified atom stereocenters. The lowest BCUT2D eigenvalue weighted by molar-refractivity contribution is 0.0775. The minimum absolute atomic E-state index is 0.0319. The van der Waals surface area contributed by atoms with Crippen molar-refractivity contribution in [2.75, 3.05) is 18.4 Å². The van der Waals surface area contributed by atoms with Crippen LogP contribution in [0.2, 0.25) is 0 Å². The number of nitrogens with zero attached hydrogens (tertiary/aromatic N) is 3. The average molecular weight is 308 g/mol. The molecule has 0 N–H and O–H groups in total. The Morgan fingerprint density at radius 3 is 2.67 bits per heavy atom. The molecule has 1 heterocycles. The summed E-state index contributed by atoms with van der Waals surface area (Å²) in [6.45, 7) is 3.37. The minimum Gasteiger partial charge on any atom is -0.338 e. The van der Waals surface area contributed by atoms with E-state index in [0.29, 0.717) is 18.7 Å². The summed E-state index contributed by atoms with van der Waals surface area (Å²) >= 11 is 3.36. The van der Waals surface area contributed by atoms with Crippen molar-refractivity contribution < 1.29 is 4.79 Å². The van der Waals surface area contributed by atoms with Gasteiger partial charge in [0.15, 0.2) is 0 Å². The van der Waals surface area contributed by atoms with Crippen molar-refractivity contribution in [3.8, 4) is 0 Å². The molecule has 0 radical (unpaired) electrons. The van der Waals surface area contributed by atoms with Crippen molar-refractivity contribution in [2.24, 2.45) is 0 Å². The third kappa shape index (κ3) is 2.67. The molecular weight excluding hydrogens is 294 g/mol. The van der Waals surface area contributed by atoms with E-state index in [1.165, 1.54) is 0 Å². The number of fused-ring (bicyclic) bond motifs is 1. The van der Waals surface area contributed by atoms with E-state index in [1.54, 1.807) is 29.4 Å². The highest BCUT2D eigenvalue weighted by atomic mass is 79.9. The largest absolute Gasteiger partial charge is 0.338 e. The first-order chi connectivity index (χ1) is 8.76. The van der Waals surface area contributed by atoms with Gasteiger partial charge in [-0.05, 0) is 25.1 Å². The van der Waals surface area contributed by atoms with Crippen LogP contribution in [-0.2, 0) is 0 Å². The van der Waals surface area contributed by atoms with Crippen LogP contribution in [0, 0.1) is 0 Å². The van der Waals surface area contributed by atoms with Crippen LogP contribution >= 0.6 is 15.9 Å². The summed E-state index contributed by atoms with van der Waals surface area (Å²) in [5, 5.41) is 0.778. The van der Waals surface area contributed by atoms with Crippen molar-refractivity contribution in [1.29, 1.82) is 0 Å². The fourth-order valence-corrected chi connectivity index (χ4v) is 2.21. The smallest absolute Gasteiger partial charge is 0.253 e. The van der Waals surface area contributed by atoms with Gasteiger partial charge in [0.25, 0.3) is 5.91 Å². The predicted octanol–water partition coefficient (Wildman–Crippen LogP) is 2.49. The standard InChI is InChI=1S/C13H14BrN3O/c1-2-17(8-5-14)13(18)10-3-4-11-12(9-10)16-7-6-15-11/h3-4,6-7,9H,2,5,8H2,1H3. The predicted molar refractivity (Wildman–Crippen MR) is 74.9 cm³/mol. The van der Waals surface area contributed by atoms with Gasteiger partial charge >= 0.3 is 0 Å². The maximum Gasteiger partial charge on any atom is 0.253 e. The van der Waals surface area contributed by atoms with Crippen LogP contribution in [0.25, 0.3) is 11.0 Å². The van der Waals surface area contributed by atoms with Gasteiger partial charge in [-0.15, -0.1) is 0 Å². The van der Waals surface area contributed by atoms with Crippen LogP contribution in [-0.4, -0.2) is 39.2 Å². The number of rotatable bonds is 4. The van der Waals surface area contributed by atoms with E-state index in [2.05, 4.69) is 25.9 Å². The Balaban J connectivity index is 2.32. The van der Waals surface area contributed by atoms with E-state index in [9.17, 15) is 4.79 Å². The molecular formula is C13H14BrN3O. The Labute approximate surface area is 114 Å². The molecule has 0 bridgehead atoms. The van der Waals surface area contributed by atoms with Crippen LogP contribution in [0.15, 0.2) is 30.6 Å². The Morgan fingerprint density at radius 1 is 1.28 bits per heavy atom. The van der Waals surface area contributed by atoms with Crippen LogP contribution in [0.4, 0.5) is 0 Å². The second kappa shape index (κ2) is 5.91. The molecule has 0 spiro atoms. The average Bonchev–Trinajstić information content (AvgIpc) is 2.43. The van der Waals surface area contributed by atoms with Gasteiger partial charge in [-0.1, -0.05) is 15.9 Å². The molecule has 0 atom stereocenters. The number of aromatic nitrogens is 2. The summed E-state index contributed by atoms with van der Waals surface area (Å²) in [5.74, 6) is 0.0319.